The maximum absolute atomic E-state index is 10.0. The minimum atomic E-state index is -0.535. The van der Waals surface area contributed by atoms with Crippen molar-refractivity contribution in [3.05, 3.63) is 29.8 Å². The molecule has 0 unspecified atom stereocenters. The van der Waals surface area contributed by atoms with Crippen molar-refractivity contribution in [2.45, 2.75) is 18.4 Å². The van der Waals surface area contributed by atoms with Gasteiger partial charge in [-0.15, -0.1) is 0 Å². The molecular formula is C12H14N2O. The Labute approximate surface area is 89.1 Å². The highest BCUT2D eigenvalue weighted by Crippen LogP contribution is 2.45. The second-order valence-electron chi connectivity index (χ2n) is 4.30. The standard InChI is InChI=1S/C12H14N2O/c15-12(4-5-12)10-2-1-3-11(8-10)14-7-6-13-9-14/h1-3,8-9,15H,4-7H2. The van der Waals surface area contributed by atoms with Crippen LogP contribution >= 0.6 is 0 Å². The molecule has 15 heavy (non-hydrogen) atoms. The van der Waals surface area contributed by atoms with Gasteiger partial charge in [0, 0.05) is 12.2 Å². The van der Waals surface area contributed by atoms with E-state index in [0.717, 1.165) is 37.2 Å². The number of anilines is 1. The molecule has 0 saturated heterocycles. The monoisotopic (exact) mass is 202 g/mol. The van der Waals surface area contributed by atoms with Crippen molar-refractivity contribution >= 4 is 12.0 Å². The molecular weight excluding hydrogens is 188 g/mol. The molecule has 1 aromatic rings. The zero-order valence-electron chi connectivity index (χ0n) is 8.56. The van der Waals surface area contributed by atoms with Gasteiger partial charge >= 0.3 is 0 Å². The van der Waals surface area contributed by atoms with E-state index in [1.807, 2.05) is 18.5 Å². The number of rotatable bonds is 2. The molecule has 0 radical (unpaired) electrons. The Morgan fingerprint density at radius 1 is 1.33 bits per heavy atom. The maximum atomic E-state index is 10.0. The van der Waals surface area contributed by atoms with Crippen LogP contribution in [0.1, 0.15) is 18.4 Å². The minimum absolute atomic E-state index is 0.535. The van der Waals surface area contributed by atoms with Crippen LogP contribution in [0.15, 0.2) is 29.3 Å². The predicted octanol–water partition coefficient (Wildman–Crippen LogP) is 1.52. The van der Waals surface area contributed by atoms with Crippen molar-refractivity contribution in [3.8, 4) is 0 Å². The summed E-state index contributed by atoms with van der Waals surface area (Å²) in [6, 6.07) is 8.15. The van der Waals surface area contributed by atoms with Crippen LogP contribution in [0.2, 0.25) is 0 Å². The molecule has 1 aliphatic carbocycles. The zero-order valence-corrected chi connectivity index (χ0v) is 8.56. The van der Waals surface area contributed by atoms with E-state index in [1.165, 1.54) is 0 Å². The molecule has 3 rings (SSSR count). The number of aliphatic hydroxyl groups is 1. The third kappa shape index (κ3) is 1.53. The lowest BCUT2D eigenvalue weighted by atomic mass is 10.1. The number of hydrogen-bond acceptors (Lipinski definition) is 3. The van der Waals surface area contributed by atoms with E-state index in [1.54, 1.807) is 0 Å². The van der Waals surface area contributed by atoms with Crippen LogP contribution in [0.3, 0.4) is 0 Å². The second kappa shape index (κ2) is 3.07. The lowest BCUT2D eigenvalue weighted by Gasteiger charge is -2.16. The van der Waals surface area contributed by atoms with E-state index in [9.17, 15) is 5.11 Å². The van der Waals surface area contributed by atoms with E-state index < -0.39 is 5.60 Å². The molecule has 0 spiro atoms. The van der Waals surface area contributed by atoms with Gasteiger partial charge in [-0.3, -0.25) is 4.99 Å². The van der Waals surface area contributed by atoms with E-state index in [0.29, 0.717) is 0 Å². The molecule has 1 aliphatic heterocycles. The molecule has 2 aliphatic rings. The number of nitrogens with zero attached hydrogens (tertiary/aromatic N) is 2. The SMILES string of the molecule is OC1(c2cccc(N3C=NCC3)c2)CC1. The van der Waals surface area contributed by atoms with Gasteiger partial charge in [0.1, 0.15) is 0 Å². The third-order valence-electron chi connectivity index (χ3n) is 3.13. The summed E-state index contributed by atoms with van der Waals surface area (Å²) < 4.78 is 0. The fourth-order valence-electron chi connectivity index (χ4n) is 1.96. The molecule has 3 nitrogen and oxygen atoms in total. The van der Waals surface area contributed by atoms with E-state index in [-0.39, 0.29) is 0 Å². The van der Waals surface area contributed by atoms with Crippen molar-refractivity contribution in [2.75, 3.05) is 18.0 Å². The smallest absolute Gasteiger partial charge is 0.0899 e. The van der Waals surface area contributed by atoms with Crippen LogP contribution in [0.5, 0.6) is 0 Å². The van der Waals surface area contributed by atoms with Crippen molar-refractivity contribution in [2.24, 2.45) is 4.99 Å². The molecule has 1 N–H and O–H groups in total. The summed E-state index contributed by atoms with van der Waals surface area (Å²) in [7, 11) is 0. The minimum Gasteiger partial charge on any atom is -0.385 e. The first kappa shape index (κ1) is 8.92. The van der Waals surface area contributed by atoms with Gasteiger partial charge in [-0.25, -0.2) is 0 Å². The van der Waals surface area contributed by atoms with Crippen LogP contribution in [-0.4, -0.2) is 24.5 Å². The number of hydrogen-bond donors (Lipinski definition) is 1. The molecule has 0 aromatic heterocycles. The molecule has 1 heterocycles. The highest BCUT2D eigenvalue weighted by molar-refractivity contribution is 5.81. The Hall–Kier alpha value is -1.35. The van der Waals surface area contributed by atoms with Crippen LogP contribution < -0.4 is 4.90 Å². The first-order valence-electron chi connectivity index (χ1n) is 5.37. The number of aliphatic imine (C=N–C) groups is 1. The molecule has 78 valence electrons. The summed E-state index contributed by atoms with van der Waals surface area (Å²) in [6.45, 7) is 1.82. The maximum Gasteiger partial charge on any atom is 0.0899 e. The topological polar surface area (TPSA) is 35.8 Å². The lowest BCUT2D eigenvalue weighted by Crippen LogP contribution is -2.18. The third-order valence-corrected chi connectivity index (χ3v) is 3.13. The van der Waals surface area contributed by atoms with Crippen molar-refractivity contribution in [1.82, 2.24) is 0 Å². The summed E-state index contributed by atoms with van der Waals surface area (Å²) in [5, 5.41) is 10.0. The van der Waals surface area contributed by atoms with E-state index in [2.05, 4.69) is 22.0 Å². The first-order chi connectivity index (χ1) is 7.28. The van der Waals surface area contributed by atoms with Crippen LogP contribution in [0.4, 0.5) is 5.69 Å². The van der Waals surface area contributed by atoms with Crippen LogP contribution in [0.25, 0.3) is 0 Å². The van der Waals surface area contributed by atoms with Gasteiger partial charge in [0.05, 0.1) is 18.5 Å². The summed E-state index contributed by atoms with van der Waals surface area (Å²) in [5.41, 5.74) is 1.64. The van der Waals surface area contributed by atoms with E-state index in [4.69, 9.17) is 0 Å². The fraction of sp³-hybridized carbons (Fsp3) is 0.417. The largest absolute Gasteiger partial charge is 0.385 e. The quantitative estimate of drug-likeness (QED) is 0.789. The van der Waals surface area contributed by atoms with E-state index >= 15 is 0 Å². The molecule has 0 atom stereocenters. The van der Waals surface area contributed by atoms with Crippen molar-refractivity contribution < 1.29 is 5.11 Å². The molecule has 1 aromatic carbocycles. The van der Waals surface area contributed by atoms with Gasteiger partial charge < -0.3 is 10.0 Å². The fourth-order valence-corrected chi connectivity index (χ4v) is 1.96. The Morgan fingerprint density at radius 2 is 2.20 bits per heavy atom. The normalized spacial score (nSPS) is 22.1. The average Bonchev–Trinajstić information content (AvgIpc) is 2.84. The Bertz CT molecular complexity index is 410. The highest BCUT2D eigenvalue weighted by atomic mass is 16.3. The summed E-state index contributed by atoms with van der Waals surface area (Å²) in [6.07, 6.45) is 3.66. The Kier molecular flexibility index (Phi) is 1.83. The Balaban J connectivity index is 1.92. The number of benzene rings is 1. The van der Waals surface area contributed by atoms with Gasteiger partial charge in [0.25, 0.3) is 0 Å². The van der Waals surface area contributed by atoms with Crippen molar-refractivity contribution in [1.29, 1.82) is 0 Å². The second-order valence-corrected chi connectivity index (χ2v) is 4.30. The van der Waals surface area contributed by atoms with Gasteiger partial charge in [0.15, 0.2) is 0 Å². The van der Waals surface area contributed by atoms with Crippen LogP contribution in [0, 0.1) is 0 Å². The molecule has 0 amide bonds. The summed E-state index contributed by atoms with van der Waals surface area (Å²) >= 11 is 0. The molecule has 1 fully saturated rings. The van der Waals surface area contributed by atoms with Crippen LogP contribution in [-0.2, 0) is 5.60 Å². The van der Waals surface area contributed by atoms with Gasteiger partial charge in [0.2, 0.25) is 0 Å². The zero-order chi connectivity index (χ0) is 10.3. The van der Waals surface area contributed by atoms with Gasteiger partial charge in [-0.1, -0.05) is 12.1 Å². The highest BCUT2D eigenvalue weighted by Gasteiger charge is 2.42. The predicted molar refractivity (Wildman–Crippen MR) is 60.3 cm³/mol. The summed E-state index contributed by atoms with van der Waals surface area (Å²) in [4.78, 5) is 6.31. The first-order valence-corrected chi connectivity index (χ1v) is 5.37. The average molecular weight is 202 g/mol. The van der Waals surface area contributed by atoms with Crippen molar-refractivity contribution in [3.63, 3.8) is 0 Å². The van der Waals surface area contributed by atoms with Gasteiger partial charge in [-0.2, -0.15) is 0 Å². The molecule has 3 heteroatoms. The summed E-state index contributed by atoms with van der Waals surface area (Å²) in [5.74, 6) is 0. The van der Waals surface area contributed by atoms with Gasteiger partial charge in [-0.05, 0) is 30.5 Å². The lowest BCUT2D eigenvalue weighted by molar-refractivity contribution is 0.151. The molecule has 1 saturated carbocycles. The Morgan fingerprint density at radius 3 is 2.87 bits per heavy atom. The molecule has 0 bridgehead atoms.